The van der Waals surface area contributed by atoms with Crippen LogP contribution in [0.2, 0.25) is 5.02 Å². The number of sulfonamides is 1. The number of ether oxygens (including phenoxy) is 1. The lowest BCUT2D eigenvalue weighted by Gasteiger charge is -2.18. The lowest BCUT2D eigenvalue weighted by atomic mass is 10.1. The van der Waals surface area contributed by atoms with E-state index in [9.17, 15) is 13.2 Å². The van der Waals surface area contributed by atoms with Crippen LogP contribution in [0.4, 0.5) is 5.69 Å². The molecule has 3 aromatic rings. The van der Waals surface area contributed by atoms with Gasteiger partial charge in [0.15, 0.2) is 0 Å². The normalized spacial score (nSPS) is 12.2. The molecule has 0 spiro atoms. The number of amides is 1. The third-order valence-corrected chi connectivity index (χ3v) is 7.13. The molecular formula is C24H25ClN2O4S. The number of carbonyl (C=O) groups is 1. The molecule has 0 saturated carbocycles. The minimum absolute atomic E-state index is 0.0251. The van der Waals surface area contributed by atoms with Crippen LogP contribution in [0.5, 0.6) is 5.75 Å². The Labute approximate surface area is 193 Å². The van der Waals surface area contributed by atoms with Crippen molar-refractivity contribution < 1.29 is 17.9 Å². The molecule has 1 atom stereocenters. The zero-order chi connectivity index (χ0) is 23.5. The second-order valence-electron chi connectivity index (χ2n) is 7.44. The van der Waals surface area contributed by atoms with E-state index in [-0.39, 0.29) is 21.5 Å². The highest BCUT2D eigenvalue weighted by atomic mass is 35.5. The summed E-state index contributed by atoms with van der Waals surface area (Å²) >= 11 is 6.20. The number of aryl methyl sites for hydroxylation is 1. The second kappa shape index (κ2) is 9.63. The zero-order valence-corrected chi connectivity index (χ0v) is 19.8. The van der Waals surface area contributed by atoms with Gasteiger partial charge in [-0.15, -0.1) is 0 Å². The summed E-state index contributed by atoms with van der Waals surface area (Å²) in [7, 11) is -2.45. The number of methoxy groups -OCH3 is 1. The highest BCUT2D eigenvalue weighted by molar-refractivity contribution is 7.92. The van der Waals surface area contributed by atoms with Gasteiger partial charge in [0.2, 0.25) is 0 Å². The molecule has 1 unspecified atom stereocenters. The summed E-state index contributed by atoms with van der Waals surface area (Å²) in [4.78, 5) is 12.7. The van der Waals surface area contributed by atoms with Crippen molar-refractivity contribution in [3.63, 3.8) is 0 Å². The van der Waals surface area contributed by atoms with E-state index in [1.165, 1.54) is 18.2 Å². The molecule has 0 heterocycles. The number of anilines is 1. The quantitative estimate of drug-likeness (QED) is 0.491. The first kappa shape index (κ1) is 23.6. The van der Waals surface area contributed by atoms with Gasteiger partial charge in [0.25, 0.3) is 15.9 Å². The average Bonchev–Trinajstić information content (AvgIpc) is 2.76. The van der Waals surface area contributed by atoms with Crippen LogP contribution in [0.25, 0.3) is 0 Å². The molecule has 32 heavy (non-hydrogen) atoms. The van der Waals surface area contributed by atoms with E-state index in [4.69, 9.17) is 16.3 Å². The maximum atomic E-state index is 13.0. The summed E-state index contributed by atoms with van der Waals surface area (Å²) in [6.07, 6.45) is 0. The molecule has 0 bridgehead atoms. The van der Waals surface area contributed by atoms with Crippen molar-refractivity contribution in [2.24, 2.45) is 0 Å². The highest BCUT2D eigenvalue weighted by Crippen LogP contribution is 2.28. The monoisotopic (exact) mass is 472 g/mol. The summed E-state index contributed by atoms with van der Waals surface area (Å²) in [6, 6.07) is 16.5. The molecule has 8 heteroatoms. The lowest BCUT2D eigenvalue weighted by molar-refractivity contribution is 0.0939. The maximum Gasteiger partial charge on any atom is 0.263 e. The fourth-order valence-corrected chi connectivity index (χ4v) is 4.94. The number of para-hydroxylation sites is 1. The molecule has 3 aromatic carbocycles. The first-order valence-corrected chi connectivity index (χ1v) is 11.8. The minimum atomic E-state index is -4.01. The first-order chi connectivity index (χ1) is 15.1. The third-order valence-electron chi connectivity index (χ3n) is 5.28. The van der Waals surface area contributed by atoms with E-state index in [1.807, 2.05) is 51.1 Å². The van der Waals surface area contributed by atoms with Crippen molar-refractivity contribution in [3.8, 4) is 5.75 Å². The van der Waals surface area contributed by atoms with Crippen LogP contribution < -0.4 is 14.8 Å². The van der Waals surface area contributed by atoms with Crippen LogP contribution in [0.3, 0.4) is 0 Å². The van der Waals surface area contributed by atoms with Crippen molar-refractivity contribution in [3.05, 3.63) is 87.9 Å². The van der Waals surface area contributed by atoms with Crippen molar-refractivity contribution in [1.82, 2.24) is 5.32 Å². The van der Waals surface area contributed by atoms with Gasteiger partial charge < -0.3 is 10.1 Å². The zero-order valence-electron chi connectivity index (χ0n) is 18.3. The smallest absolute Gasteiger partial charge is 0.263 e. The van der Waals surface area contributed by atoms with Gasteiger partial charge in [-0.25, -0.2) is 8.42 Å². The van der Waals surface area contributed by atoms with Gasteiger partial charge in [0, 0.05) is 11.1 Å². The van der Waals surface area contributed by atoms with Gasteiger partial charge >= 0.3 is 0 Å². The Balaban J connectivity index is 1.87. The number of halogens is 1. The van der Waals surface area contributed by atoms with E-state index in [2.05, 4.69) is 10.0 Å². The molecule has 0 aliphatic heterocycles. The van der Waals surface area contributed by atoms with Crippen molar-refractivity contribution in [2.75, 3.05) is 11.8 Å². The number of hydrogen-bond donors (Lipinski definition) is 2. The predicted molar refractivity (Wildman–Crippen MR) is 127 cm³/mol. The molecule has 0 saturated heterocycles. The van der Waals surface area contributed by atoms with Gasteiger partial charge in [0.1, 0.15) is 10.6 Å². The summed E-state index contributed by atoms with van der Waals surface area (Å²) in [5.74, 6) is 0.223. The van der Waals surface area contributed by atoms with Crippen LogP contribution in [-0.2, 0) is 10.0 Å². The predicted octanol–water partition coefficient (Wildman–Crippen LogP) is 5.26. The van der Waals surface area contributed by atoms with Crippen LogP contribution in [0.1, 0.15) is 40.0 Å². The Morgan fingerprint density at radius 2 is 1.75 bits per heavy atom. The molecule has 6 nitrogen and oxygen atoms in total. The fraction of sp³-hybridized carbons (Fsp3) is 0.208. The van der Waals surface area contributed by atoms with Gasteiger partial charge in [-0.1, -0.05) is 41.9 Å². The average molecular weight is 473 g/mol. The Morgan fingerprint density at radius 1 is 1.03 bits per heavy atom. The standard InChI is InChI=1S/C24H25ClN2O4S/c1-15-8-7-10-21(16(15)2)27-32(29,30)23-14-18(12-13-20(23)25)24(28)26-17(3)19-9-5-6-11-22(19)31-4/h5-14,17,27H,1-4H3,(H,26,28). The summed E-state index contributed by atoms with van der Waals surface area (Å²) in [5.41, 5.74) is 3.21. The van der Waals surface area contributed by atoms with E-state index in [0.717, 1.165) is 16.7 Å². The molecule has 0 radical (unpaired) electrons. The van der Waals surface area contributed by atoms with Gasteiger partial charge in [-0.05, 0) is 62.2 Å². The van der Waals surface area contributed by atoms with Gasteiger partial charge in [-0.2, -0.15) is 0 Å². The summed E-state index contributed by atoms with van der Waals surface area (Å²) in [6.45, 7) is 5.55. The number of benzene rings is 3. The molecule has 3 rings (SSSR count). The topological polar surface area (TPSA) is 84.5 Å². The Morgan fingerprint density at radius 3 is 2.47 bits per heavy atom. The molecule has 0 aliphatic rings. The molecule has 0 fully saturated rings. The Bertz CT molecular complexity index is 1260. The fourth-order valence-electron chi connectivity index (χ4n) is 3.29. The first-order valence-electron chi connectivity index (χ1n) is 9.96. The van der Waals surface area contributed by atoms with Crippen molar-refractivity contribution in [2.45, 2.75) is 31.7 Å². The van der Waals surface area contributed by atoms with E-state index in [0.29, 0.717) is 11.4 Å². The van der Waals surface area contributed by atoms with E-state index >= 15 is 0 Å². The van der Waals surface area contributed by atoms with Crippen LogP contribution in [0, 0.1) is 13.8 Å². The molecule has 168 valence electrons. The third kappa shape index (κ3) is 5.06. The Hall–Kier alpha value is -3.03. The summed E-state index contributed by atoms with van der Waals surface area (Å²) < 4.78 is 34.0. The van der Waals surface area contributed by atoms with Crippen LogP contribution in [-0.4, -0.2) is 21.4 Å². The van der Waals surface area contributed by atoms with Gasteiger partial charge in [0.05, 0.1) is 23.9 Å². The molecule has 0 aliphatic carbocycles. The largest absolute Gasteiger partial charge is 0.496 e. The second-order valence-corrected chi connectivity index (χ2v) is 9.49. The van der Waals surface area contributed by atoms with E-state index in [1.54, 1.807) is 19.2 Å². The maximum absolute atomic E-state index is 13.0. The van der Waals surface area contributed by atoms with Crippen LogP contribution in [0.15, 0.2) is 65.6 Å². The highest BCUT2D eigenvalue weighted by Gasteiger charge is 2.22. The molecule has 2 N–H and O–H groups in total. The van der Waals surface area contributed by atoms with E-state index < -0.39 is 15.9 Å². The lowest BCUT2D eigenvalue weighted by Crippen LogP contribution is -2.27. The van der Waals surface area contributed by atoms with Gasteiger partial charge in [-0.3, -0.25) is 9.52 Å². The molecule has 0 aromatic heterocycles. The van der Waals surface area contributed by atoms with Crippen molar-refractivity contribution in [1.29, 1.82) is 0 Å². The molecular weight excluding hydrogens is 448 g/mol. The number of carbonyl (C=O) groups excluding carboxylic acids is 1. The number of rotatable bonds is 7. The minimum Gasteiger partial charge on any atom is -0.496 e. The summed E-state index contributed by atoms with van der Waals surface area (Å²) in [5, 5.41) is 2.90. The van der Waals surface area contributed by atoms with Crippen molar-refractivity contribution >= 4 is 33.2 Å². The molecule has 1 amide bonds. The number of hydrogen-bond acceptors (Lipinski definition) is 4. The van der Waals surface area contributed by atoms with Crippen LogP contribution >= 0.6 is 11.6 Å². The number of nitrogens with one attached hydrogen (secondary N) is 2. The SMILES string of the molecule is COc1ccccc1C(C)NC(=O)c1ccc(Cl)c(S(=O)(=O)Nc2cccc(C)c2C)c1. The Kier molecular flexibility index (Phi) is 7.11.